The van der Waals surface area contributed by atoms with Gasteiger partial charge in [-0.25, -0.2) is 4.98 Å². The zero-order valence-electron chi connectivity index (χ0n) is 15.2. The number of carbonyl (C=O) groups excluding carboxylic acids is 1. The van der Waals surface area contributed by atoms with Crippen LogP contribution >= 0.6 is 0 Å². The van der Waals surface area contributed by atoms with Gasteiger partial charge in [0.25, 0.3) is 0 Å². The fraction of sp³-hybridized carbons (Fsp3) is 0.333. The average molecular weight is 349 g/mol. The van der Waals surface area contributed by atoms with Gasteiger partial charge in [0.05, 0.1) is 12.6 Å². The molecule has 1 aliphatic rings. The third-order valence-electron chi connectivity index (χ3n) is 5.24. The predicted molar refractivity (Wildman–Crippen MR) is 101 cm³/mol. The molecular formula is C21H23N3O2. The summed E-state index contributed by atoms with van der Waals surface area (Å²) in [7, 11) is 1.69. The van der Waals surface area contributed by atoms with Crippen LogP contribution in [0, 0.1) is 0 Å². The molecule has 0 unspecified atom stereocenters. The van der Waals surface area contributed by atoms with Crippen LogP contribution in [0.3, 0.4) is 0 Å². The number of methoxy groups -OCH3 is 1. The fourth-order valence-corrected chi connectivity index (χ4v) is 3.84. The van der Waals surface area contributed by atoms with E-state index < -0.39 is 0 Å². The maximum atomic E-state index is 11.6. The molecule has 5 heteroatoms. The van der Waals surface area contributed by atoms with Crippen molar-refractivity contribution in [2.75, 3.05) is 20.2 Å². The second kappa shape index (κ2) is 6.83. The Morgan fingerprint density at radius 3 is 2.58 bits per heavy atom. The molecule has 1 amide bonds. The molecule has 0 saturated carbocycles. The second-order valence-electron chi connectivity index (χ2n) is 6.76. The SMILES string of the molecule is COc1ccccc1-c1nc(C2CCN(C(C)=O)CC2)n2ccccc12. The van der Waals surface area contributed by atoms with Gasteiger partial charge >= 0.3 is 0 Å². The van der Waals surface area contributed by atoms with Gasteiger partial charge in [0, 0.05) is 37.7 Å². The Bertz CT molecular complexity index is 939. The summed E-state index contributed by atoms with van der Waals surface area (Å²) >= 11 is 0. The van der Waals surface area contributed by atoms with Gasteiger partial charge in [0.1, 0.15) is 17.3 Å². The molecule has 1 aromatic carbocycles. The first-order valence-electron chi connectivity index (χ1n) is 9.05. The Balaban J connectivity index is 1.77. The highest BCUT2D eigenvalue weighted by Gasteiger charge is 2.26. The molecule has 5 nitrogen and oxygen atoms in total. The summed E-state index contributed by atoms with van der Waals surface area (Å²) in [6, 6.07) is 14.2. The lowest BCUT2D eigenvalue weighted by molar-refractivity contribution is -0.129. The molecule has 0 N–H and O–H groups in total. The van der Waals surface area contributed by atoms with Crippen LogP contribution < -0.4 is 4.74 Å². The Labute approximate surface area is 153 Å². The molecule has 1 aliphatic heterocycles. The summed E-state index contributed by atoms with van der Waals surface area (Å²) in [4.78, 5) is 18.6. The lowest BCUT2D eigenvalue weighted by Crippen LogP contribution is -2.36. The van der Waals surface area contributed by atoms with E-state index in [9.17, 15) is 4.79 Å². The molecule has 2 aromatic heterocycles. The number of piperidine rings is 1. The van der Waals surface area contributed by atoms with E-state index in [-0.39, 0.29) is 5.91 Å². The summed E-state index contributed by atoms with van der Waals surface area (Å²) in [6.45, 7) is 3.24. The van der Waals surface area contributed by atoms with Crippen molar-refractivity contribution in [3.63, 3.8) is 0 Å². The van der Waals surface area contributed by atoms with E-state index in [4.69, 9.17) is 9.72 Å². The van der Waals surface area contributed by atoms with Crippen molar-refractivity contribution >= 4 is 11.4 Å². The maximum absolute atomic E-state index is 11.6. The summed E-state index contributed by atoms with van der Waals surface area (Å²) < 4.78 is 7.74. The summed E-state index contributed by atoms with van der Waals surface area (Å²) in [5, 5.41) is 0. The number of likely N-dealkylation sites (tertiary alicyclic amines) is 1. The number of para-hydroxylation sites is 1. The molecule has 134 valence electrons. The number of benzene rings is 1. The van der Waals surface area contributed by atoms with Gasteiger partial charge in [0.2, 0.25) is 5.91 Å². The number of carbonyl (C=O) groups is 1. The van der Waals surface area contributed by atoms with Gasteiger partial charge in [-0.05, 0) is 37.1 Å². The normalized spacial score (nSPS) is 15.4. The second-order valence-corrected chi connectivity index (χ2v) is 6.76. The fourth-order valence-electron chi connectivity index (χ4n) is 3.84. The molecule has 4 rings (SSSR count). The number of hydrogen-bond donors (Lipinski definition) is 0. The van der Waals surface area contributed by atoms with Crippen LogP contribution in [0.15, 0.2) is 48.7 Å². The zero-order chi connectivity index (χ0) is 18.1. The highest BCUT2D eigenvalue weighted by molar-refractivity contribution is 5.81. The molecule has 0 aliphatic carbocycles. The van der Waals surface area contributed by atoms with Crippen molar-refractivity contribution in [1.82, 2.24) is 14.3 Å². The summed E-state index contributed by atoms with van der Waals surface area (Å²) in [6.07, 6.45) is 3.96. The van der Waals surface area contributed by atoms with Crippen LogP contribution in [0.25, 0.3) is 16.8 Å². The summed E-state index contributed by atoms with van der Waals surface area (Å²) in [5.74, 6) is 2.41. The van der Waals surface area contributed by atoms with Crippen LogP contribution in [0.4, 0.5) is 0 Å². The molecule has 1 saturated heterocycles. The van der Waals surface area contributed by atoms with Crippen molar-refractivity contribution in [2.45, 2.75) is 25.7 Å². The van der Waals surface area contributed by atoms with Gasteiger partial charge in [-0.15, -0.1) is 0 Å². The van der Waals surface area contributed by atoms with Crippen molar-refractivity contribution in [3.05, 3.63) is 54.5 Å². The first-order chi connectivity index (χ1) is 12.7. The van der Waals surface area contributed by atoms with Gasteiger partial charge < -0.3 is 14.0 Å². The lowest BCUT2D eigenvalue weighted by Gasteiger charge is -2.30. The number of aromatic nitrogens is 2. The minimum atomic E-state index is 0.158. The monoisotopic (exact) mass is 349 g/mol. The zero-order valence-corrected chi connectivity index (χ0v) is 15.2. The molecule has 0 bridgehead atoms. The minimum Gasteiger partial charge on any atom is -0.496 e. The highest BCUT2D eigenvalue weighted by Crippen LogP contribution is 2.36. The Hall–Kier alpha value is -2.82. The molecule has 1 fully saturated rings. The molecule has 3 heterocycles. The highest BCUT2D eigenvalue weighted by atomic mass is 16.5. The van der Waals surface area contributed by atoms with Gasteiger partial charge in [0.15, 0.2) is 0 Å². The third kappa shape index (κ3) is 2.83. The van der Waals surface area contributed by atoms with Crippen molar-refractivity contribution in [2.24, 2.45) is 0 Å². The Morgan fingerprint density at radius 2 is 1.85 bits per heavy atom. The third-order valence-corrected chi connectivity index (χ3v) is 5.24. The Kier molecular flexibility index (Phi) is 4.37. The van der Waals surface area contributed by atoms with E-state index in [2.05, 4.69) is 22.7 Å². The van der Waals surface area contributed by atoms with Gasteiger partial charge in [-0.1, -0.05) is 18.2 Å². The smallest absolute Gasteiger partial charge is 0.219 e. The predicted octanol–water partition coefficient (Wildman–Crippen LogP) is 3.74. The molecule has 0 radical (unpaired) electrons. The van der Waals surface area contributed by atoms with Crippen molar-refractivity contribution in [3.8, 4) is 17.0 Å². The van der Waals surface area contributed by atoms with E-state index in [0.29, 0.717) is 5.92 Å². The number of nitrogens with zero attached hydrogens (tertiary/aromatic N) is 3. The number of rotatable bonds is 3. The number of ether oxygens (including phenoxy) is 1. The topological polar surface area (TPSA) is 46.8 Å². The minimum absolute atomic E-state index is 0.158. The lowest BCUT2D eigenvalue weighted by atomic mass is 9.96. The summed E-state index contributed by atoms with van der Waals surface area (Å²) in [5.41, 5.74) is 3.04. The average Bonchev–Trinajstić information content (AvgIpc) is 3.07. The first-order valence-corrected chi connectivity index (χ1v) is 9.05. The number of hydrogen-bond acceptors (Lipinski definition) is 3. The van der Waals surface area contributed by atoms with Crippen LogP contribution in [-0.2, 0) is 4.79 Å². The number of fused-ring (bicyclic) bond motifs is 1. The number of pyridine rings is 1. The largest absolute Gasteiger partial charge is 0.496 e. The van der Waals surface area contributed by atoms with E-state index in [0.717, 1.165) is 54.3 Å². The van der Waals surface area contributed by atoms with E-state index >= 15 is 0 Å². The van der Waals surface area contributed by atoms with E-state index in [1.807, 2.05) is 35.2 Å². The number of amides is 1. The van der Waals surface area contributed by atoms with Crippen LogP contribution in [0.1, 0.15) is 31.5 Å². The van der Waals surface area contributed by atoms with E-state index in [1.54, 1.807) is 14.0 Å². The molecule has 3 aromatic rings. The van der Waals surface area contributed by atoms with Crippen LogP contribution in [0.2, 0.25) is 0 Å². The maximum Gasteiger partial charge on any atom is 0.219 e. The van der Waals surface area contributed by atoms with Gasteiger partial charge in [-0.2, -0.15) is 0 Å². The molecular weight excluding hydrogens is 326 g/mol. The van der Waals surface area contributed by atoms with Crippen molar-refractivity contribution in [1.29, 1.82) is 0 Å². The van der Waals surface area contributed by atoms with E-state index in [1.165, 1.54) is 0 Å². The van der Waals surface area contributed by atoms with Crippen LogP contribution in [-0.4, -0.2) is 40.4 Å². The standard InChI is InChI=1S/C21H23N3O2/c1-15(25)23-13-10-16(11-14-23)21-22-20(18-8-5-6-12-24(18)21)17-7-3-4-9-19(17)26-2/h3-9,12,16H,10-11,13-14H2,1-2H3. The molecule has 0 spiro atoms. The quantitative estimate of drug-likeness (QED) is 0.724. The van der Waals surface area contributed by atoms with Crippen LogP contribution in [0.5, 0.6) is 5.75 Å². The molecule has 0 atom stereocenters. The first kappa shape index (κ1) is 16.6. The van der Waals surface area contributed by atoms with Gasteiger partial charge in [-0.3, -0.25) is 4.79 Å². The molecule has 26 heavy (non-hydrogen) atoms. The number of imidazole rings is 1. The Morgan fingerprint density at radius 1 is 1.12 bits per heavy atom. The van der Waals surface area contributed by atoms with Crippen molar-refractivity contribution < 1.29 is 9.53 Å².